The number of nitrogens with zero attached hydrogens (tertiary/aromatic N) is 2. The lowest BCUT2D eigenvalue weighted by Crippen LogP contribution is -2.44. The minimum absolute atomic E-state index is 0.0617. The van der Waals surface area contributed by atoms with E-state index in [0.717, 1.165) is 15.3 Å². The summed E-state index contributed by atoms with van der Waals surface area (Å²) in [6.07, 6.45) is 0. The maximum absolute atomic E-state index is 13.5. The highest BCUT2D eigenvalue weighted by Gasteiger charge is 2.25. The van der Waals surface area contributed by atoms with Gasteiger partial charge in [0.2, 0.25) is 5.91 Å². The SMILES string of the molecule is Cc1ccc(CN(Cc2ccc(F)cc2)C(=O)CN(CC(C)C)C(=O)c2ccccc2Cl)s1. The fourth-order valence-electron chi connectivity index (χ4n) is 3.53. The third-order valence-electron chi connectivity index (χ3n) is 5.09. The Hall–Kier alpha value is -2.70. The van der Waals surface area contributed by atoms with E-state index in [1.807, 2.05) is 32.9 Å². The number of carbonyl (C=O) groups excluding carboxylic acids is 2. The molecule has 4 nitrogen and oxygen atoms in total. The molecule has 0 radical (unpaired) electrons. The van der Waals surface area contributed by atoms with Crippen LogP contribution in [0.25, 0.3) is 0 Å². The van der Waals surface area contributed by atoms with Gasteiger partial charge in [0, 0.05) is 22.8 Å². The summed E-state index contributed by atoms with van der Waals surface area (Å²) >= 11 is 7.89. The van der Waals surface area contributed by atoms with Crippen molar-refractivity contribution in [1.29, 1.82) is 0 Å². The van der Waals surface area contributed by atoms with E-state index in [0.29, 0.717) is 30.2 Å². The van der Waals surface area contributed by atoms with Crippen LogP contribution in [-0.4, -0.2) is 34.7 Å². The van der Waals surface area contributed by atoms with Crippen molar-refractivity contribution < 1.29 is 14.0 Å². The highest BCUT2D eigenvalue weighted by molar-refractivity contribution is 7.11. The largest absolute Gasteiger partial charge is 0.332 e. The van der Waals surface area contributed by atoms with Gasteiger partial charge < -0.3 is 9.80 Å². The van der Waals surface area contributed by atoms with E-state index in [2.05, 4.69) is 0 Å². The Labute approximate surface area is 203 Å². The molecule has 1 heterocycles. The minimum Gasteiger partial charge on any atom is -0.332 e. The van der Waals surface area contributed by atoms with Crippen LogP contribution in [0, 0.1) is 18.7 Å². The number of halogens is 2. The predicted molar refractivity (Wildman–Crippen MR) is 132 cm³/mol. The van der Waals surface area contributed by atoms with Gasteiger partial charge in [-0.05, 0) is 54.8 Å². The van der Waals surface area contributed by atoms with Crippen molar-refractivity contribution in [2.45, 2.75) is 33.9 Å². The molecule has 0 unspecified atom stereocenters. The Morgan fingerprint density at radius 1 is 0.970 bits per heavy atom. The van der Waals surface area contributed by atoms with E-state index in [-0.39, 0.29) is 30.1 Å². The molecule has 2 aromatic carbocycles. The van der Waals surface area contributed by atoms with Gasteiger partial charge in [0.1, 0.15) is 12.4 Å². The first-order valence-corrected chi connectivity index (χ1v) is 12.0. The average molecular weight is 487 g/mol. The van der Waals surface area contributed by atoms with Crippen LogP contribution >= 0.6 is 22.9 Å². The second kappa shape index (κ2) is 11.4. The zero-order chi connectivity index (χ0) is 24.0. The van der Waals surface area contributed by atoms with Crippen LogP contribution in [0.15, 0.2) is 60.7 Å². The summed E-state index contributed by atoms with van der Waals surface area (Å²) in [5.41, 5.74) is 1.21. The molecule has 0 saturated carbocycles. The Kier molecular flexibility index (Phi) is 8.64. The molecule has 0 bridgehead atoms. The van der Waals surface area contributed by atoms with Gasteiger partial charge in [-0.25, -0.2) is 4.39 Å². The molecule has 2 amide bonds. The Balaban J connectivity index is 1.84. The molecule has 33 heavy (non-hydrogen) atoms. The number of hydrogen-bond donors (Lipinski definition) is 0. The molecule has 0 aliphatic carbocycles. The van der Waals surface area contributed by atoms with Crippen LogP contribution in [0.4, 0.5) is 4.39 Å². The number of aryl methyl sites for hydroxylation is 1. The molecule has 3 aromatic rings. The third-order valence-corrected chi connectivity index (χ3v) is 6.40. The van der Waals surface area contributed by atoms with E-state index in [4.69, 9.17) is 11.6 Å². The van der Waals surface area contributed by atoms with Gasteiger partial charge in [-0.2, -0.15) is 0 Å². The first kappa shape index (κ1) is 24.9. The van der Waals surface area contributed by atoms with Crippen LogP contribution < -0.4 is 0 Å². The molecule has 0 atom stereocenters. The van der Waals surface area contributed by atoms with Crippen molar-refractivity contribution in [3.8, 4) is 0 Å². The maximum Gasteiger partial charge on any atom is 0.255 e. The zero-order valence-electron chi connectivity index (χ0n) is 19.1. The third kappa shape index (κ3) is 7.14. The molecule has 3 rings (SSSR count). The van der Waals surface area contributed by atoms with Crippen molar-refractivity contribution in [2.24, 2.45) is 5.92 Å². The lowest BCUT2D eigenvalue weighted by molar-refractivity contribution is -0.133. The number of hydrogen-bond acceptors (Lipinski definition) is 3. The van der Waals surface area contributed by atoms with Crippen LogP contribution in [0.2, 0.25) is 5.02 Å². The molecule has 0 spiro atoms. The van der Waals surface area contributed by atoms with Gasteiger partial charge in [-0.1, -0.05) is 49.7 Å². The summed E-state index contributed by atoms with van der Waals surface area (Å²) < 4.78 is 13.4. The molecular weight excluding hydrogens is 459 g/mol. The molecule has 0 aliphatic rings. The van der Waals surface area contributed by atoms with Gasteiger partial charge in [-0.15, -0.1) is 11.3 Å². The van der Waals surface area contributed by atoms with Crippen molar-refractivity contribution in [3.63, 3.8) is 0 Å². The molecule has 0 N–H and O–H groups in total. The number of thiophene rings is 1. The predicted octanol–water partition coefficient (Wildman–Crippen LogP) is 6.18. The summed E-state index contributed by atoms with van der Waals surface area (Å²) in [7, 11) is 0. The van der Waals surface area contributed by atoms with E-state index in [1.165, 1.54) is 12.1 Å². The molecule has 0 saturated heterocycles. The molecule has 174 valence electrons. The highest BCUT2D eigenvalue weighted by atomic mass is 35.5. The molecule has 0 aliphatic heterocycles. The topological polar surface area (TPSA) is 40.6 Å². The summed E-state index contributed by atoms with van der Waals surface area (Å²) in [5.74, 6) is -0.587. The lowest BCUT2D eigenvalue weighted by atomic mass is 10.1. The fourth-order valence-corrected chi connectivity index (χ4v) is 4.65. The monoisotopic (exact) mass is 486 g/mol. The minimum atomic E-state index is -0.320. The van der Waals surface area contributed by atoms with E-state index in [9.17, 15) is 14.0 Å². The van der Waals surface area contributed by atoms with E-state index in [1.54, 1.807) is 57.5 Å². The van der Waals surface area contributed by atoms with Crippen LogP contribution in [0.5, 0.6) is 0 Å². The fraction of sp³-hybridized carbons (Fsp3) is 0.308. The van der Waals surface area contributed by atoms with Crippen LogP contribution in [-0.2, 0) is 17.9 Å². The van der Waals surface area contributed by atoms with Gasteiger partial charge in [0.05, 0.1) is 17.1 Å². The highest BCUT2D eigenvalue weighted by Crippen LogP contribution is 2.21. The molecule has 1 aromatic heterocycles. The molecule has 7 heteroatoms. The number of benzene rings is 2. The van der Waals surface area contributed by atoms with Gasteiger partial charge in [-0.3, -0.25) is 9.59 Å². The van der Waals surface area contributed by atoms with E-state index >= 15 is 0 Å². The second-order valence-corrected chi connectivity index (χ2v) is 10.2. The Morgan fingerprint density at radius 3 is 2.27 bits per heavy atom. The van der Waals surface area contributed by atoms with Gasteiger partial charge in [0.25, 0.3) is 5.91 Å². The second-order valence-electron chi connectivity index (χ2n) is 8.45. The number of carbonyl (C=O) groups is 2. The first-order valence-electron chi connectivity index (χ1n) is 10.8. The van der Waals surface area contributed by atoms with Crippen molar-refractivity contribution in [1.82, 2.24) is 9.80 Å². The smallest absolute Gasteiger partial charge is 0.255 e. The standard InChI is InChI=1S/C26H28ClFN2O2S/c1-18(2)14-30(26(32)23-6-4-5-7-24(23)27)17-25(31)29(16-22-13-8-19(3)33-22)15-20-9-11-21(28)12-10-20/h4-13,18H,14-17H2,1-3H3. The normalized spacial score (nSPS) is 11.0. The number of amides is 2. The van der Waals surface area contributed by atoms with Gasteiger partial charge >= 0.3 is 0 Å². The summed E-state index contributed by atoms with van der Waals surface area (Å²) in [5, 5.41) is 0.362. The average Bonchev–Trinajstić information content (AvgIpc) is 3.18. The van der Waals surface area contributed by atoms with Crippen LogP contribution in [0.1, 0.15) is 39.5 Å². The quantitative estimate of drug-likeness (QED) is 0.362. The number of rotatable bonds is 9. The van der Waals surface area contributed by atoms with Gasteiger partial charge in [0.15, 0.2) is 0 Å². The zero-order valence-corrected chi connectivity index (χ0v) is 20.6. The Morgan fingerprint density at radius 2 is 1.67 bits per heavy atom. The van der Waals surface area contributed by atoms with Crippen molar-refractivity contribution in [2.75, 3.05) is 13.1 Å². The summed E-state index contributed by atoms with van der Waals surface area (Å²) in [4.78, 5) is 32.2. The summed E-state index contributed by atoms with van der Waals surface area (Å²) in [6.45, 7) is 7.14. The van der Waals surface area contributed by atoms with Crippen molar-refractivity contribution >= 4 is 34.8 Å². The summed E-state index contributed by atoms with van der Waals surface area (Å²) in [6, 6.07) is 17.0. The lowest BCUT2D eigenvalue weighted by Gasteiger charge is -2.29. The van der Waals surface area contributed by atoms with Crippen LogP contribution in [0.3, 0.4) is 0 Å². The molecular formula is C26H28ClFN2O2S. The molecule has 0 fully saturated rings. The Bertz CT molecular complexity index is 1100. The first-order chi connectivity index (χ1) is 15.7. The van der Waals surface area contributed by atoms with Crippen molar-refractivity contribution in [3.05, 3.63) is 92.4 Å². The van der Waals surface area contributed by atoms with E-state index < -0.39 is 0 Å². The maximum atomic E-state index is 13.5.